The van der Waals surface area contributed by atoms with Crippen LogP contribution in [0.1, 0.15) is 94.1 Å². The summed E-state index contributed by atoms with van der Waals surface area (Å²) in [4.78, 5) is 30.4. The summed E-state index contributed by atoms with van der Waals surface area (Å²) in [5.41, 5.74) is -1.82. The number of urea groups is 1. The molecule has 0 radical (unpaired) electrons. The van der Waals surface area contributed by atoms with Crippen molar-refractivity contribution >= 4 is 11.8 Å². The fourth-order valence-electron chi connectivity index (χ4n) is 11.5. The van der Waals surface area contributed by atoms with E-state index < -0.39 is 39.6 Å². The van der Waals surface area contributed by atoms with Crippen molar-refractivity contribution in [2.75, 3.05) is 26.8 Å². The second-order valence-corrected chi connectivity index (χ2v) is 16.6. The van der Waals surface area contributed by atoms with Crippen molar-refractivity contribution < 1.29 is 33.3 Å². The van der Waals surface area contributed by atoms with Crippen molar-refractivity contribution in [2.45, 2.75) is 89.9 Å². The van der Waals surface area contributed by atoms with Crippen molar-refractivity contribution in [1.82, 2.24) is 10.2 Å². The summed E-state index contributed by atoms with van der Waals surface area (Å²) in [6.45, 7) is 7.39. The summed E-state index contributed by atoms with van der Waals surface area (Å²) in [7, 11) is 1.63. The molecule has 3 fully saturated rings. The quantitative estimate of drug-likeness (QED) is 0.135. The first kappa shape index (κ1) is 36.0. The number of carbonyl (C=O) groups excluding carboxylic acids is 2. The first-order valence-electron chi connectivity index (χ1n) is 18.7. The number of rotatable bonds is 10. The number of allylic oxidation sites excluding steroid dienone is 4. The highest BCUT2D eigenvalue weighted by Gasteiger charge is 2.74. The summed E-state index contributed by atoms with van der Waals surface area (Å²) >= 11 is 0. The summed E-state index contributed by atoms with van der Waals surface area (Å²) in [5.74, 6) is -2.52. The van der Waals surface area contributed by atoms with E-state index in [1.807, 2.05) is 37.3 Å². The van der Waals surface area contributed by atoms with Crippen LogP contribution in [0.2, 0.25) is 0 Å². The zero-order valence-electron chi connectivity index (χ0n) is 30.3. The summed E-state index contributed by atoms with van der Waals surface area (Å²) in [6, 6.07) is 12.6. The van der Waals surface area contributed by atoms with E-state index in [0.717, 1.165) is 30.5 Å². The first-order valence-corrected chi connectivity index (χ1v) is 18.7. The third-order valence-corrected chi connectivity index (χ3v) is 14.3. The van der Waals surface area contributed by atoms with Crippen molar-refractivity contribution in [3.63, 3.8) is 0 Å². The Hall–Kier alpha value is -3.40. The van der Waals surface area contributed by atoms with Gasteiger partial charge in [-0.15, -0.1) is 0 Å². The van der Waals surface area contributed by atoms with Gasteiger partial charge in [0, 0.05) is 47.6 Å². The van der Waals surface area contributed by atoms with Crippen molar-refractivity contribution in [1.29, 1.82) is 0 Å². The Morgan fingerprint density at radius 1 is 0.980 bits per heavy atom. The molecule has 2 aromatic carbocycles. The number of benzene rings is 2. The number of carbonyl (C=O) groups is 2. The molecule has 9 unspecified atom stereocenters. The van der Waals surface area contributed by atoms with Gasteiger partial charge in [0.25, 0.3) is 0 Å². The normalized spacial score (nSPS) is 36.8. The molecule has 2 aromatic rings. The standard InChI is InChI=1S/C42H52F2N2O5/c1-27(28-9-6-5-7-10-28)45-37(49)46(21-8-22-51-4)26-41(50)18-15-35-39(41,3)17-14-34-38(2)16-13-30(47)24-40(38)19-20-42(34,35)31(25-40)36(48)29-11-12-32(43)33(44)23-29/h5-7,9-12,19-20,23,25,27,30,34-35,47,50H,8,13-18,21-22,24,26H2,1-4H3,(H,45,49). The van der Waals surface area contributed by atoms with E-state index in [0.29, 0.717) is 57.2 Å². The van der Waals surface area contributed by atoms with Gasteiger partial charge < -0.3 is 25.2 Å². The molecule has 0 saturated heterocycles. The number of Topliss-reactive ketones (excluding diaryl/α,β-unsaturated/α-hetero) is 1. The third-order valence-electron chi connectivity index (χ3n) is 14.3. The van der Waals surface area contributed by atoms with Crippen LogP contribution in [0, 0.1) is 45.1 Å². The van der Waals surface area contributed by atoms with Crippen LogP contribution < -0.4 is 5.32 Å². The van der Waals surface area contributed by atoms with Crippen LogP contribution in [0.3, 0.4) is 0 Å². The Kier molecular flexibility index (Phi) is 9.12. The second-order valence-electron chi connectivity index (χ2n) is 16.6. The number of halogens is 2. The van der Waals surface area contributed by atoms with Gasteiger partial charge in [0.15, 0.2) is 17.4 Å². The highest BCUT2D eigenvalue weighted by Crippen LogP contribution is 2.78. The fourth-order valence-corrected chi connectivity index (χ4v) is 11.5. The predicted molar refractivity (Wildman–Crippen MR) is 191 cm³/mol. The summed E-state index contributed by atoms with van der Waals surface area (Å²) in [5, 5.41) is 27.0. The molecule has 0 aromatic heterocycles. The molecule has 9 atom stereocenters. The van der Waals surface area contributed by atoms with Gasteiger partial charge in [0.2, 0.25) is 0 Å². The van der Waals surface area contributed by atoms with E-state index >= 15 is 0 Å². The highest BCUT2D eigenvalue weighted by atomic mass is 19.2. The second kappa shape index (κ2) is 12.9. The lowest BCUT2D eigenvalue weighted by atomic mass is 9.32. The Bertz CT molecular complexity index is 1750. The zero-order valence-corrected chi connectivity index (χ0v) is 30.3. The fraction of sp³-hybridized carbons (Fsp3) is 0.571. The molecule has 51 heavy (non-hydrogen) atoms. The maximum atomic E-state index is 14.7. The van der Waals surface area contributed by atoms with Gasteiger partial charge >= 0.3 is 6.03 Å². The van der Waals surface area contributed by atoms with Crippen LogP contribution in [0.4, 0.5) is 13.6 Å². The molecule has 7 nitrogen and oxygen atoms in total. The minimum absolute atomic E-state index is 0.0463. The molecule has 3 saturated carbocycles. The number of methoxy groups -OCH3 is 1. The van der Waals surface area contributed by atoms with Crippen LogP contribution in [-0.2, 0) is 4.74 Å². The Balaban J connectivity index is 1.26. The molecule has 2 amide bonds. The van der Waals surface area contributed by atoms with Gasteiger partial charge in [-0.1, -0.05) is 62.4 Å². The molecule has 9 heteroatoms. The Morgan fingerprint density at radius 2 is 1.69 bits per heavy atom. The van der Waals surface area contributed by atoms with Gasteiger partial charge in [-0.2, -0.15) is 0 Å². The average Bonchev–Trinajstić information content (AvgIpc) is 3.38. The van der Waals surface area contributed by atoms with E-state index in [-0.39, 0.29) is 47.2 Å². The van der Waals surface area contributed by atoms with Crippen molar-refractivity contribution in [2.24, 2.45) is 33.5 Å². The van der Waals surface area contributed by atoms with E-state index in [1.54, 1.807) is 12.0 Å². The van der Waals surface area contributed by atoms with Crippen molar-refractivity contribution in [3.05, 3.63) is 95.1 Å². The molecular weight excluding hydrogens is 650 g/mol. The van der Waals surface area contributed by atoms with Crippen LogP contribution in [0.25, 0.3) is 0 Å². The molecule has 6 aliphatic rings. The predicted octanol–water partition coefficient (Wildman–Crippen LogP) is 7.55. The maximum absolute atomic E-state index is 14.7. The van der Waals surface area contributed by atoms with Crippen molar-refractivity contribution in [3.8, 4) is 0 Å². The lowest BCUT2D eigenvalue weighted by Crippen LogP contribution is -2.67. The molecule has 8 rings (SSSR count). The SMILES string of the molecule is COCCCN(CC1(O)CCC2C34C=CC5(C=C3C(=O)c3ccc(F)c(F)c3)CC(O)CCC5(C)C4CCC21C)C(=O)NC(C)c1ccccc1. The Morgan fingerprint density at radius 3 is 2.41 bits per heavy atom. The third kappa shape index (κ3) is 5.43. The van der Waals surface area contributed by atoms with Gasteiger partial charge in [0.05, 0.1) is 24.3 Å². The number of hydrogen-bond acceptors (Lipinski definition) is 5. The largest absolute Gasteiger partial charge is 0.393 e. The van der Waals surface area contributed by atoms with E-state index in [1.165, 1.54) is 6.07 Å². The Labute approximate surface area is 300 Å². The van der Waals surface area contributed by atoms with E-state index in [9.17, 15) is 28.6 Å². The number of nitrogens with zero attached hydrogens (tertiary/aromatic N) is 1. The van der Waals surface area contributed by atoms with Crippen LogP contribution in [0.5, 0.6) is 0 Å². The number of aliphatic hydroxyl groups is 2. The van der Waals surface area contributed by atoms with Gasteiger partial charge in [0.1, 0.15) is 0 Å². The van der Waals surface area contributed by atoms with Crippen LogP contribution >= 0.6 is 0 Å². The van der Waals surface area contributed by atoms with Crippen LogP contribution in [0.15, 0.2) is 72.3 Å². The number of ether oxygens (including phenoxy) is 1. The van der Waals surface area contributed by atoms with Gasteiger partial charge in [-0.05, 0) is 99.3 Å². The molecule has 6 aliphatic carbocycles. The molecule has 0 heterocycles. The number of aliphatic hydroxyl groups excluding tert-OH is 1. The molecule has 274 valence electrons. The number of nitrogens with one attached hydrogen (secondary N) is 1. The summed E-state index contributed by atoms with van der Waals surface area (Å²) < 4.78 is 34.0. The molecule has 2 spiro atoms. The number of hydrogen-bond donors (Lipinski definition) is 3. The number of amides is 2. The molecule has 0 aliphatic heterocycles. The van der Waals surface area contributed by atoms with Gasteiger partial charge in [-0.25, -0.2) is 13.6 Å². The minimum atomic E-state index is -1.25. The topological polar surface area (TPSA) is 99.1 Å². The summed E-state index contributed by atoms with van der Waals surface area (Å²) in [6.07, 6.45) is 11.1. The number of ketones is 1. The molecular formula is C42H52F2N2O5. The minimum Gasteiger partial charge on any atom is -0.393 e. The lowest BCUT2D eigenvalue weighted by molar-refractivity contribution is -0.174. The highest BCUT2D eigenvalue weighted by molar-refractivity contribution is 6.10. The zero-order chi connectivity index (χ0) is 36.4. The number of fused-ring (bicyclic) bond motifs is 1. The van der Waals surface area contributed by atoms with Gasteiger partial charge in [-0.3, -0.25) is 4.79 Å². The van der Waals surface area contributed by atoms with Crippen LogP contribution in [-0.4, -0.2) is 65.4 Å². The first-order chi connectivity index (χ1) is 24.2. The van der Waals surface area contributed by atoms with E-state index in [4.69, 9.17) is 4.74 Å². The smallest absolute Gasteiger partial charge is 0.317 e. The average molecular weight is 703 g/mol. The monoisotopic (exact) mass is 702 g/mol. The maximum Gasteiger partial charge on any atom is 0.317 e. The van der Waals surface area contributed by atoms with E-state index in [2.05, 4.69) is 37.4 Å². The molecule has 3 N–H and O–H groups in total. The lowest BCUT2D eigenvalue weighted by Gasteiger charge is -2.71. The molecule has 2 bridgehead atoms.